The molecule has 3 rings (SSSR count). The number of esters is 1. The molecule has 3 aromatic rings. The number of hydrogen-bond donors (Lipinski definition) is 1. The molecule has 1 aromatic carbocycles. The molecule has 0 saturated heterocycles. The van der Waals surface area contributed by atoms with Gasteiger partial charge in [0, 0.05) is 10.9 Å². The van der Waals surface area contributed by atoms with E-state index in [0.717, 1.165) is 5.56 Å². The van der Waals surface area contributed by atoms with Gasteiger partial charge in [-0.1, -0.05) is 30.3 Å². The van der Waals surface area contributed by atoms with Gasteiger partial charge in [0.1, 0.15) is 16.8 Å². The number of benzene rings is 1. The van der Waals surface area contributed by atoms with Gasteiger partial charge in [0.15, 0.2) is 6.10 Å². The summed E-state index contributed by atoms with van der Waals surface area (Å²) in [4.78, 5) is 39.4. The van der Waals surface area contributed by atoms with Crippen LogP contribution >= 0.6 is 11.3 Å². The number of rotatable bonds is 8. The molecule has 10 heteroatoms. The van der Waals surface area contributed by atoms with E-state index in [9.17, 15) is 19.7 Å². The SMILES string of the molecule is CCOC(=O)c1c(-c2ccccc2)csc1NC(=O)C(C)Oc1cccnc1[N+](=O)[O-]. The molecule has 0 aliphatic rings. The molecule has 0 saturated carbocycles. The molecule has 1 N–H and O–H groups in total. The first-order valence-corrected chi connectivity index (χ1v) is 10.2. The Balaban J connectivity index is 1.85. The Hall–Kier alpha value is -3.79. The minimum atomic E-state index is -1.08. The fraction of sp³-hybridized carbons (Fsp3) is 0.190. The molecule has 1 unspecified atom stereocenters. The first kappa shape index (κ1) is 21.9. The molecule has 160 valence electrons. The summed E-state index contributed by atoms with van der Waals surface area (Å²) in [6, 6.07) is 12.1. The van der Waals surface area contributed by atoms with Crippen LogP contribution in [-0.2, 0) is 9.53 Å². The number of amides is 1. The van der Waals surface area contributed by atoms with E-state index in [4.69, 9.17) is 9.47 Å². The Morgan fingerprint density at radius 1 is 1.23 bits per heavy atom. The van der Waals surface area contributed by atoms with Crippen molar-refractivity contribution in [3.63, 3.8) is 0 Å². The Morgan fingerprint density at radius 2 is 1.97 bits per heavy atom. The molecule has 1 amide bonds. The third kappa shape index (κ3) is 5.04. The molecule has 2 heterocycles. The number of hydrogen-bond acceptors (Lipinski definition) is 8. The maximum absolute atomic E-state index is 12.7. The van der Waals surface area contributed by atoms with Crippen LogP contribution in [0.15, 0.2) is 54.0 Å². The topological polar surface area (TPSA) is 121 Å². The van der Waals surface area contributed by atoms with Gasteiger partial charge in [0.05, 0.1) is 6.61 Å². The van der Waals surface area contributed by atoms with Crippen LogP contribution in [0.4, 0.5) is 10.8 Å². The predicted molar refractivity (Wildman–Crippen MR) is 115 cm³/mol. The molecular weight excluding hydrogens is 422 g/mol. The summed E-state index contributed by atoms with van der Waals surface area (Å²) in [6.45, 7) is 3.32. The predicted octanol–water partition coefficient (Wildman–Crippen LogP) is 4.30. The second-order valence-corrected chi connectivity index (χ2v) is 7.15. The average molecular weight is 441 g/mol. The summed E-state index contributed by atoms with van der Waals surface area (Å²) in [7, 11) is 0. The molecule has 9 nitrogen and oxygen atoms in total. The fourth-order valence-electron chi connectivity index (χ4n) is 2.75. The highest BCUT2D eigenvalue weighted by molar-refractivity contribution is 7.15. The first-order chi connectivity index (χ1) is 14.9. The van der Waals surface area contributed by atoms with E-state index in [1.54, 1.807) is 12.3 Å². The number of nitro groups is 1. The number of pyridine rings is 1. The number of thiophene rings is 1. The van der Waals surface area contributed by atoms with Crippen molar-refractivity contribution in [1.29, 1.82) is 0 Å². The third-order valence-corrected chi connectivity index (χ3v) is 5.08. The smallest absolute Gasteiger partial charge is 0.406 e. The highest BCUT2D eigenvalue weighted by Crippen LogP contribution is 2.36. The number of carbonyl (C=O) groups is 2. The number of nitrogens with zero attached hydrogens (tertiary/aromatic N) is 2. The Morgan fingerprint density at radius 3 is 2.65 bits per heavy atom. The van der Waals surface area contributed by atoms with Crippen LogP contribution in [0.1, 0.15) is 24.2 Å². The van der Waals surface area contributed by atoms with Gasteiger partial charge >= 0.3 is 11.8 Å². The molecule has 0 aliphatic heterocycles. The number of carbonyl (C=O) groups excluding carboxylic acids is 2. The van der Waals surface area contributed by atoms with Crippen LogP contribution in [0.3, 0.4) is 0 Å². The van der Waals surface area contributed by atoms with Crippen LogP contribution < -0.4 is 10.1 Å². The molecule has 31 heavy (non-hydrogen) atoms. The lowest BCUT2D eigenvalue weighted by Gasteiger charge is -2.14. The van der Waals surface area contributed by atoms with Crippen molar-refractivity contribution in [3.8, 4) is 16.9 Å². The first-order valence-electron chi connectivity index (χ1n) is 9.33. The van der Waals surface area contributed by atoms with Gasteiger partial charge in [-0.15, -0.1) is 11.3 Å². The quantitative estimate of drug-likeness (QED) is 0.314. The van der Waals surface area contributed by atoms with E-state index >= 15 is 0 Å². The lowest BCUT2D eigenvalue weighted by atomic mass is 10.0. The fourth-order valence-corrected chi connectivity index (χ4v) is 3.72. The third-order valence-electron chi connectivity index (χ3n) is 4.19. The standard InChI is InChI=1S/C21H19N3O6S/c1-3-29-21(26)17-15(14-8-5-4-6-9-14)12-31-20(17)23-19(25)13(2)30-16-10-7-11-22-18(16)24(27)28/h4-13H,3H2,1-2H3,(H,23,25). The lowest BCUT2D eigenvalue weighted by molar-refractivity contribution is -0.390. The highest BCUT2D eigenvalue weighted by atomic mass is 32.1. The molecular formula is C21H19N3O6S. The summed E-state index contributed by atoms with van der Waals surface area (Å²) in [6.07, 6.45) is 0.179. The van der Waals surface area contributed by atoms with E-state index in [0.29, 0.717) is 10.6 Å². The molecule has 0 spiro atoms. The Labute approximate surface area is 181 Å². The monoisotopic (exact) mass is 441 g/mol. The number of ether oxygens (including phenoxy) is 2. The second kappa shape index (κ2) is 9.81. The van der Waals surface area contributed by atoms with Crippen molar-refractivity contribution in [1.82, 2.24) is 4.98 Å². The van der Waals surface area contributed by atoms with Crippen LogP contribution in [-0.4, -0.2) is 34.5 Å². The van der Waals surface area contributed by atoms with E-state index in [-0.39, 0.29) is 17.9 Å². The van der Waals surface area contributed by atoms with E-state index in [2.05, 4.69) is 10.3 Å². The van der Waals surface area contributed by atoms with E-state index < -0.39 is 28.7 Å². The number of nitrogens with one attached hydrogen (secondary N) is 1. The Bertz CT molecular complexity index is 1100. The van der Waals surface area contributed by atoms with Crippen molar-refractivity contribution >= 4 is 34.0 Å². The minimum absolute atomic E-state index is 0.128. The molecule has 0 aliphatic carbocycles. The van der Waals surface area contributed by atoms with Crippen LogP contribution in [0, 0.1) is 10.1 Å². The van der Waals surface area contributed by atoms with Crippen molar-refractivity contribution < 1.29 is 24.0 Å². The van der Waals surface area contributed by atoms with Gasteiger partial charge in [-0.25, -0.2) is 4.79 Å². The largest absolute Gasteiger partial charge is 0.473 e. The van der Waals surface area contributed by atoms with Gasteiger partial charge in [0.25, 0.3) is 5.91 Å². The van der Waals surface area contributed by atoms with Crippen molar-refractivity contribution in [2.24, 2.45) is 0 Å². The van der Waals surface area contributed by atoms with Gasteiger partial charge in [-0.2, -0.15) is 0 Å². The molecule has 2 aromatic heterocycles. The van der Waals surface area contributed by atoms with Gasteiger partial charge in [-0.05, 0) is 41.5 Å². The van der Waals surface area contributed by atoms with Crippen molar-refractivity contribution in [2.75, 3.05) is 11.9 Å². The molecule has 1 atom stereocenters. The maximum Gasteiger partial charge on any atom is 0.406 e. The van der Waals surface area contributed by atoms with Gasteiger partial charge in [-0.3, -0.25) is 4.79 Å². The molecule has 0 radical (unpaired) electrons. The van der Waals surface area contributed by atoms with Gasteiger partial charge < -0.3 is 24.9 Å². The lowest BCUT2D eigenvalue weighted by Crippen LogP contribution is -2.30. The minimum Gasteiger partial charge on any atom is -0.473 e. The maximum atomic E-state index is 12.7. The summed E-state index contributed by atoms with van der Waals surface area (Å²) < 4.78 is 10.6. The number of anilines is 1. The summed E-state index contributed by atoms with van der Waals surface area (Å²) in [5, 5.41) is 15.8. The zero-order chi connectivity index (χ0) is 22.4. The summed E-state index contributed by atoms with van der Waals surface area (Å²) >= 11 is 1.18. The van der Waals surface area contributed by atoms with Crippen molar-refractivity contribution in [3.05, 3.63) is 69.7 Å². The zero-order valence-electron chi connectivity index (χ0n) is 16.7. The normalized spacial score (nSPS) is 11.4. The van der Waals surface area contributed by atoms with Crippen LogP contribution in [0.5, 0.6) is 5.75 Å². The van der Waals surface area contributed by atoms with E-state index in [1.165, 1.54) is 36.6 Å². The van der Waals surface area contributed by atoms with Gasteiger partial charge in [0.2, 0.25) is 5.75 Å². The summed E-state index contributed by atoms with van der Waals surface area (Å²) in [5.41, 5.74) is 1.68. The van der Waals surface area contributed by atoms with Crippen molar-refractivity contribution in [2.45, 2.75) is 20.0 Å². The second-order valence-electron chi connectivity index (χ2n) is 6.27. The molecule has 0 bridgehead atoms. The van der Waals surface area contributed by atoms with Crippen LogP contribution in [0.25, 0.3) is 11.1 Å². The Kier molecular flexibility index (Phi) is 6.93. The van der Waals surface area contributed by atoms with Crippen LogP contribution in [0.2, 0.25) is 0 Å². The zero-order valence-corrected chi connectivity index (χ0v) is 17.5. The number of aromatic nitrogens is 1. The van der Waals surface area contributed by atoms with E-state index in [1.807, 2.05) is 30.3 Å². The summed E-state index contributed by atoms with van der Waals surface area (Å²) in [5.74, 6) is -1.76. The highest BCUT2D eigenvalue weighted by Gasteiger charge is 2.26. The molecule has 0 fully saturated rings. The average Bonchev–Trinajstić information content (AvgIpc) is 3.18.